The smallest absolute Gasteiger partial charge is 0.305 e. The molecule has 83 heavy (non-hydrogen) atoms. The first-order valence-corrected chi connectivity index (χ1v) is 38.1. The van der Waals surface area contributed by atoms with Gasteiger partial charge in [0.1, 0.15) is 0 Å². The Hall–Kier alpha value is -1.66. The van der Waals surface area contributed by atoms with E-state index in [-0.39, 0.29) is 18.5 Å². The Bertz CT molecular complexity index is 1300. The zero-order valence-corrected chi connectivity index (χ0v) is 56.5. The van der Waals surface area contributed by atoms with E-state index < -0.39 is 12.1 Å². The predicted molar refractivity (Wildman–Crippen MR) is 366 cm³/mol. The van der Waals surface area contributed by atoms with Gasteiger partial charge in [0.2, 0.25) is 5.91 Å². The van der Waals surface area contributed by atoms with E-state index in [0.29, 0.717) is 25.9 Å². The van der Waals surface area contributed by atoms with Crippen molar-refractivity contribution < 1.29 is 24.5 Å². The molecule has 3 N–H and O–H groups in total. The van der Waals surface area contributed by atoms with Gasteiger partial charge >= 0.3 is 5.97 Å². The number of amides is 1. The van der Waals surface area contributed by atoms with Crippen LogP contribution >= 0.6 is 0 Å². The maximum Gasteiger partial charge on any atom is 0.305 e. The third-order valence-electron chi connectivity index (χ3n) is 18.0. The molecular formula is C77H149NO5. The van der Waals surface area contributed by atoms with Gasteiger partial charge < -0.3 is 20.3 Å². The molecule has 0 aliphatic heterocycles. The molecule has 0 aromatic carbocycles. The summed E-state index contributed by atoms with van der Waals surface area (Å²) in [5.41, 5.74) is 0. The number of esters is 1. The summed E-state index contributed by atoms with van der Waals surface area (Å²) in [6.45, 7) is 4.98. The van der Waals surface area contributed by atoms with Gasteiger partial charge in [0.05, 0.1) is 25.4 Å². The highest BCUT2D eigenvalue weighted by atomic mass is 16.5. The van der Waals surface area contributed by atoms with Gasteiger partial charge in [-0.2, -0.15) is 0 Å². The third kappa shape index (κ3) is 69.3. The van der Waals surface area contributed by atoms with E-state index in [1.165, 1.54) is 347 Å². The summed E-state index contributed by atoms with van der Waals surface area (Å²) in [6, 6.07) is -0.541. The molecule has 1 amide bonds. The third-order valence-corrected chi connectivity index (χ3v) is 18.0. The summed E-state index contributed by atoms with van der Waals surface area (Å²) in [4.78, 5) is 24.7. The van der Waals surface area contributed by atoms with E-state index in [2.05, 4.69) is 43.5 Å². The second-order valence-electron chi connectivity index (χ2n) is 26.3. The summed E-state index contributed by atoms with van der Waals surface area (Å²) < 4.78 is 5.51. The molecule has 6 nitrogen and oxygen atoms in total. The lowest BCUT2D eigenvalue weighted by Gasteiger charge is -2.22. The van der Waals surface area contributed by atoms with E-state index in [1.54, 1.807) is 0 Å². The van der Waals surface area contributed by atoms with Crippen LogP contribution in [0.5, 0.6) is 0 Å². The molecule has 0 aromatic rings. The van der Waals surface area contributed by atoms with Crippen LogP contribution in [-0.4, -0.2) is 47.4 Å². The van der Waals surface area contributed by atoms with Crippen LogP contribution in [0.15, 0.2) is 24.3 Å². The molecule has 0 aliphatic rings. The van der Waals surface area contributed by atoms with Crippen LogP contribution < -0.4 is 5.32 Å². The summed E-state index contributed by atoms with van der Waals surface area (Å²) in [7, 11) is 0. The lowest BCUT2D eigenvalue weighted by Crippen LogP contribution is -2.45. The number of carbonyl (C=O) groups is 2. The van der Waals surface area contributed by atoms with Crippen LogP contribution in [0.3, 0.4) is 0 Å². The van der Waals surface area contributed by atoms with E-state index in [4.69, 9.17) is 4.74 Å². The summed E-state index contributed by atoms with van der Waals surface area (Å²) in [5.74, 6) is -0.0165. The zero-order chi connectivity index (χ0) is 59.9. The summed E-state index contributed by atoms with van der Waals surface area (Å²) in [5, 5.41) is 23.5. The number of unbranched alkanes of at least 4 members (excludes halogenated alkanes) is 57. The molecule has 0 spiro atoms. The molecule has 0 saturated carbocycles. The maximum atomic E-state index is 12.6. The standard InChI is InChI=1S/C77H149NO5/c1-3-5-7-9-11-13-15-17-19-21-23-24-31-34-37-41-45-49-53-57-61-65-69-75(80)74(73-79)78-76(81)70-66-62-58-54-50-46-42-38-35-32-29-27-25-26-28-30-33-36-40-44-48-52-56-60-64-68-72-83-77(82)71-67-63-59-55-51-47-43-39-22-20-18-16-14-12-10-8-6-4-2/h14,16,20,22,74-75,79-80H,3-13,15,17-19,21,23-73H2,1-2H3,(H,78,81)/b16-14-,22-20-. The first-order valence-electron chi connectivity index (χ1n) is 38.1. The van der Waals surface area contributed by atoms with Crippen molar-refractivity contribution >= 4 is 11.9 Å². The van der Waals surface area contributed by atoms with Crippen molar-refractivity contribution in [2.75, 3.05) is 13.2 Å². The predicted octanol–water partition coefficient (Wildman–Crippen LogP) is 24.9. The second-order valence-corrected chi connectivity index (χ2v) is 26.3. The SMILES string of the molecule is CCCCCC/C=C\C/C=C\CCCCCCCCCC(=O)OCCCCCCCCCCCCCCCCCCCCCCCCCCCCC(=O)NC(CO)C(O)CCCCCCCCCCCCCCCCCCCCCCCC. The maximum absolute atomic E-state index is 12.6. The van der Waals surface area contributed by atoms with Crippen LogP contribution in [0.1, 0.15) is 431 Å². The molecule has 492 valence electrons. The van der Waals surface area contributed by atoms with Crippen LogP contribution in [0.4, 0.5) is 0 Å². The van der Waals surface area contributed by atoms with Crippen LogP contribution in [0.25, 0.3) is 0 Å². The minimum atomic E-state index is -0.664. The minimum absolute atomic E-state index is 0.0111. The molecular weight excluding hydrogens is 1020 g/mol. The fourth-order valence-electron chi connectivity index (χ4n) is 12.2. The van der Waals surface area contributed by atoms with Crippen molar-refractivity contribution in [3.8, 4) is 0 Å². The largest absolute Gasteiger partial charge is 0.466 e. The number of carbonyl (C=O) groups excluding carboxylic acids is 2. The fourth-order valence-corrected chi connectivity index (χ4v) is 12.2. The molecule has 0 heterocycles. The molecule has 2 atom stereocenters. The van der Waals surface area contributed by atoms with Gasteiger partial charge in [0.15, 0.2) is 0 Å². The molecule has 2 unspecified atom stereocenters. The molecule has 0 aromatic heterocycles. The highest BCUT2D eigenvalue weighted by Crippen LogP contribution is 2.20. The quantitative estimate of drug-likeness (QED) is 0.0320. The van der Waals surface area contributed by atoms with E-state index >= 15 is 0 Å². The van der Waals surface area contributed by atoms with E-state index in [9.17, 15) is 19.8 Å². The average Bonchev–Trinajstić information content (AvgIpc) is 3.49. The number of aliphatic hydroxyl groups excluding tert-OH is 2. The highest BCUT2D eigenvalue weighted by molar-refractivity contribution is 5.76. The van der Waals surface area contributed by atoms with Crippen molar-refractivity contribution in [2.24, 2.45) is 0 Å². The summed E-state index contributed by atoms with van der Waals surface area (Å²) in [6.07, 6.45) is 92.4. The molecule has 0 rings (SSSR count). The average molecular weight is 1170 g/mol. The number of nitrogens with one attached hydrogen (secondary N) is 1. The summed E-state index contributed by atoms with van der Waals surface area (Å²) >= 11 is 0. The number of rotatable bonds is 72. The van der Waals surface area contributed by atoms with Crippen molar-refractivity contribution in [1.82, 2.24) is 5.32 Å². The number of aliphatic hydroxyl groups is 2. The van der Waals surface area contributed by atoms with E-state index in [0.717, 1.165) is 51.4 Å². The van der Waals surface area contributed by atoms with Gasteiger partial charge in [-0.05, 0) is 57.8 Å². The molecule has 0 fully saturated rings. The van der Waals surface area contributed by atoms with Gasteiger partial charge in [0.25, 0.3) is 0 Å². The Morgan fingerprint density at radius 1 is 0.337 bits per heavy atom. The van der Waals surface area contributed by atoms with Crippen molar-refractivity contribution in [3.63, 3.8) is 0 Å². The lowest BCUT2D eigenvalue weighted by molar-refractivity contribution is -0.143. The normalized spacial score (nSPS) is 12.6. The molecule has 0 aliphatic carbocycles. The van der Waals surface area contributed by atoms with Gasteiger partial charge in [-0.15, -0.1) is 0 Å². The topological polar surface area (TPSA) is 95.9 Å². The van der Waals surface area contributed by atoms with Crippen molar-refractivity contribution in [1.29, 1.82) is 0 Å². The Balaban J connectivity index is 3.35. The van der Waals surface area contributed by atoms with Crippen LogP contribution in [0.2, 0.25) is 0 Å². The van der Waals surface area contributed by atoms with Gasteiger partial charge in [-0.1, -0.05) is 385 Å². The molecule has 0 bridgehead atoms. The molecule has 0 radical (unpaired) electrons. The van der Waals surface area contributed by atoms with E-state index in [1.807, 2.05) is 0 Å². The van der Waals surface area contributed by atoms with Gasteiger partial charge in [-0.25, -0.2) is 0 Å². The van der Waals surface area contributed by atoms with Crippen LogP contribution in [-0.2, 0) is 14.3 Å². The van der Waals surface area contributed by atoms with Crippen LogP contribution in [0, 0.1) is 0 Å². The van der Waals surface area contributed by atoms with Gasteiger partial charge in [0, 0.05) is 12.8 Å². The number of hydrogen-bond acceptors (Lipinski definition) is 5. The molecule has 0 saturated heterocycles. The highest BCUT2D eigenvalue weighted by Gasteiger charge is 2.20. The second kappa shape index (κ2) is 72.8. The first-order chi connectivity index (χ1) is 41.0. The number of ether oxygens (including phenoxy) is 1. The Morgan fingerprint density at radius 3 is 0.928 bits per heavy atom. The number of allylic oxidation sites excluding steroid dienone is 4. The van der Waals surface area contributed by atoms with Gasteiger partial charge in [-0.3, -0.25) is 9.59 Å². The number of hydrogen-bond donors (Lipinski definition) is 3. The van der Waals surface area contributed by atoms with Crippen molar-refractivity contribution in [2.45, 2.75) is 443 Å². The fraction of sp³-hybridized carbons (Fsp3) is 0.922. The lowest BCUT2D eigenvalue weighted by atomic mass is 10.0. The van der Waals surface area contributed by atoms with Crippen molar-refractivity contribution in [3.05, 3.63) is 24.3 Å². The Morgan fingerprint density at radius 2 is 0.602 bits per heavy atom. The Kier molecular flexibility index (Phi) is 71.4. The minimum Gasteiger partial charge on any atom is -0.466 e. The first kappa shape index (κ1) is 81.3. The zero-order valence-electron chi connectivity index (χ0n) is 56.5. The monoisotopic (exact) mass is 1170 g/mol. The Labute approximate surface area is 520 Å². The molecule has 6 heteroatoms.